The van der Waals surface area contributed by atoms with Crippen LogP contribution in [0.1, 0.15) is 26.2 Å². The van der Waals surface area contributed by atoms with Gasteiger partial charge < -0.3 is 5.11 Å². The largest absolute Gasteiger partial charge is 0.393 e. The molecule has 1 aliphatic rings. The minimum absolute atomic E-state index is 0.185. The van der Waals surface area contributed by atoms with E-state index < -0.39 is 0 Å². The van der Waals surface area contributed by atoms with E-state index in [1.807, 2.05) is 6.92 Å². The average Bonchev–Trinajstić information content (AvgIpc) is 1.79. The lowest BCUT2D eigenvalue weighted by Crippen LogP contribution is -2.33. The van der Waals surface area contributed by atoms with E-state index in [2.05, 4.69) is 0 Å². The van der Waals surface area contributed by atoms with Crippen LogP contribution < -0.4 is 0 Å². The molecule has 0 radical (unpaired) electrons. The Morgan fingerprint density at radius 2 is 2.22 bits per heavy atom. The number of rotatable bonds is 2. The van der Waals surface area contributed by atoms with Crippen LogP contribution >= 0.6 is 0 Å². The fourth-order valence-corrected chi connectivity index (χ4v) is 1.14. The van der Waals surface area contributed by atoms with E-state index >= 15 is 0 Å². The first-order valence-corrected chi connectivity index (χ1v) is 3.44. The Kier molecular flexibility index (Phi) is 1.86. The second-order valence-corrected chi connectivity index (χ2v) is 2.64. The quantitative estimate of drug-likeness (QED) is 0.595. The molecule has 0 aromatic rings. The highest BCUT2D eigenvalue weighted by Gasteiger charge is 2.31. The maximum Gasteiger partial charge on any atom is 0.135 e. The summed E-state index contributed by atoms with van der Waals surface area (Å²) in [6.45, 7) is 1.87. The molecule has 2 nitrogen and oxygen atoms in total. The molecule has 1 aliphatic carbocycles. The number of aliphatic hydroxyl groups is 1. The van der Waals surface area contributed by atoms with Crippen LogP contribution in [0.15, 0.2) is 0 Å². The Balaban J connectivity index is 2.23. The summed E-state index contributed by atoms with van der Waals surface area (Å²) in [5.41, 5.74) is 0. The zero-order valence-electron chi connectivity index (χ0n) is 5.63. The maximum atomic E-state index is 10.8. The SMILES string of the molecule is CCC(=O)[C@H]1C[C@@H](O)C1. The van der Waals surface area contributed by atoms with Crippen LogP contribution in [0.4, 0.5) is 0 Å². The first-order chi connectivity index (χ1) is 4.24. The van der Waals surface area contributed by atoms with Crippen molar-refractivity contribution in [1.29, 1.82) is 0 Å². The van der Waals surface area contributed by atoms with E-state index in [0.717, 1.165) is 0 Å². The second kappa shape index (κ2) is 2.48. The van der Waals surface area contributed by atoms with Crippen LogP contribution in [-0.4, -0.2) is 17.0 Å². The Hall–Kier alpha value is -0.370. The molecule has 1 saturated carbocycles. The third-order valence-electron chi connectivity index (χ3n) is 1.92. The van der Waals surface area contributed by atoms with E-state index in [4.69, 9.17) is 5.11 Å². The molecule has 1 N–H and O–H groups in total. The van der Waals surface area contributed by atoms with Gasteiger partial charge in [-0.3, -0.25) is 4.79 Å². The molecule has 0 heterocycles. The third kappa shape index (κ3) is 1.30. The molecule has 0 unspecified atom stereocenters. The van der Waals surface area contributed by atoms with Crippen molar-refractivity contribution in [3.05, 3.63) is 0 Å². The Bertz CT molecular complexity index is 114. The van der Waals surface area contributed by atoms with Gasteiger partial charge in [0.2, 0.25) is 0 Å². The highest BCUT2D eigenvalue weighted by Crippen LogP contribution is 2.28. The van der Waals surface area contributed by atoms with Crippen LogP contribution in [0.25, 0.3) is 0 Å². The van der Waals surface area contributed by atoms with Gasteiger partial charge in [0.1, 0.15) is 5.78 Å². The van der Waals surface area contributed by atoms with Crippen molar-refractivity contribution < 1.29 is 9.90 Å². The summed E-state index contributed by atoms with van der Waals surface area (Å²) < 4.78 is 0. The van der Waals surface area contributed by atoms with Gasteiger partial charge >= 0.3 is 0 Å². The summed E-state index contributed by atoms with van der Waals surface area (Å²) in [5, 5.41) is 8.81. The van der Waals surface area contributed by atoms with Crippen molar-refractivity contribution in [2.24, 2.45) is 5.92 Å². The minimum Gasteiger partial charge on any atom is -0.393 e. The van der Waals surface area contributed by atoms with Crippen molar-refractivity contribution in [2.45, 2.75) is 32.3 Å². The second-order valence-electron chi connectivity index (χ2n) is 2.64. The summed E-state index contributed by atoms with van der Waals surface area (Å²) in [6.07, 6.45) is 1.84. The lowest BCUT2D eigenvalue weighted by atomic mass is 9.79. The van der Waals surface area contributed by atoms with Gasteiger partial charge in [-0.05, 0) is 12.8 Å². The summed E-state index contributed by atoms with van der Waals surface area (Å²) in [7, 11) is 0. The number of aliphatic hydroxyl groups excluding tert-OH is 1. The van der Waals surface area contributed by atoms with Gasteiger partial charge in [0, 0.05) is 12.3 Å². The monoisotopic (exact) mass is 128 g/mol. The number of hydrogen-bond acceptors (Lipinski definition) is 2. The van der Waals surface area contributed by atoms with Crippen LogP contribution in [0, 0.1) is 5.92 Å². The van der Waals surface area contributed by atoms with Crippen LogP contribution in [0.5, 0.6) is 0 Å². The normalized spacial score (nSPS) is 33.6. The lowest BCUT2D eigenvalue weighted by molar-refractivity contribution is -0.128. The minimum atomic E-state index is -0.189. The molecule has 0 bridgehead atoms. The maximum absolute atomic E-state index is 10.8. The molecular weight excluding hydrogens is 116 g/mol. The van der Waals surface area contributed by atoms with Gasteiger partial charge in [0.15, 0.2) is 0 Å². The molecule has 9 heavy (non-hydrogen) atoms. The van der Waals surface area contributed by atoms with Crippen LogP contribution in [0.2, 0.25) is 0 Å². The summed E-state index contributed by atoms with van der Waals surface area (Å²) in [4.78, 5) is 10.8. The molecule has 0 aromatic heterocycles. The van der Waals surface area contributed by atoms with E-state index in [1.165, 1.54) is 0 Å². The standard InChI is InChI=1S/C7H12O2/c1-2-7(9)5-3-6(8)4-5/h5-6,8H,2-4H2,1H3/t5-,6+. The zero-order chi connectivity index (χ0) is 6.85. The number of carbonyl (C=O) groups excluding carboxylic acids is 1. The van der Waals surface area contributed by atoms with Crippen LogP contribution in [0.3, 0.4) is 0 Å². The highest BCUT2D eigenvalue weighted by molar-refractivity contribution is 5.81. The van der Waals surface area contributed by atoms with Crippen molar-refractivity contribution in [3.8, 4) is 0 Å². The molecule has 0 saturated heterocycles. The number of ketones is 1. The molecule has 1 rings (SSSR count). The molecule has 0 aliphatic heterocycles. The molecule has 52 valence electrons. The summed E-state index contributed by atoms with van der Waals surface area (Å²) in [5.74, 6) is 0.491. The van der Waals surface area contributed by atoms with Gasteiger partial charge in [-0.25, -0.2) is 0 Å². The average molecular weight is 128 g/mol. The predicted molar refractivity (Wildman–Crippen MR) is 34.0 cm³/mol. The number of Topliss-reactive ketones (excluding diaryl/α,β-unsaturated/α-hetero) is 1. The number of carbonyl (C=O) groups is 1. The van der Waals surface area contributed by atoms with Crippen molar-refractivity contribution >= 4 is 5.78 Å². The van der Waals surface area contributed by atoms with Crippen LogP contribution in [-0.2, 0) is 4.79 Å². The molecule has 0 amide bonds. The van der Waals surface area contributed by atoms with E-state index in [1.54, 1.807) is 0 Å². The molecule has 1 fully saturated rings. The molecule has 0 aromatic carbocycles. The summed E-state index contributed by atoms with van der Waals surface area (Å²) >= 11 is 0. The topological polar surface area (TPSA) is 37.3 Å². The first kappa shape index (κ1) is 6.75. The van der Waals surface area contributed by atoms with Gasteiger partial charge in [-0.2, -0.15) is 0 Å². The summed E-state index contributed by atoms with van der Waals surface area (Å²) in [6, 6.07) is 0. The lowest BCUT2D eigenvalue weighted by Gasteiger charge is -2.29. The van der Waals surface area contributed by atoms with Gasteiger partial charge in [0.05, 0.1) is 6.10 Å². The predicted octanol–water partition coefficient (Wildman–Crippen LogP) is 0.736. The Morgan fingerprint density at radius 3 is 2.56 bits per heavy atom. The van der Waals surface area contributed by atoms with Gasteiger partial charge in [-0.15, -0.1) is 0 Å². The van der Waals surface area contributed by atoms with Gasteiger partial charge in [-0.1, -0.05) is 6.92 Å². The first-order valence-electron chi connectivity index (χ1n) is 3.44. The van der Waals surface area contributed by atoms with Crippen molar-refractivity contribution in [3.63, 3.8) is 0 Å². The smallest absolute Gasteiger partial charge is 0.135 e. The molecule has 0 spiro atoms. The van der Waals surface area contributed by atoms with E-state index in [-0.39, 0.29) is 12.0 Å². The van der Waals surface area contributed by atoms with E-state index in [0.29, 0.717) is 25.0 Å². The third-order valence-corrected chi connectivity index (χ3v) is 1.92. The zero-order valence-corrected chi connectivity index (χ0v) is 5.63. The molecule has 2 heteroatoms. The molecular formula is C7H12O2. The fraction of sp³-hybridized carbons (Fsp3) is 0.857. The molecule has 0 atom stereocenters. The Morgan fingerprint density at radius 1 is 1.67 bits per heavy atom. The van der Waals surface area contributed by atoms with E-state index in [9.17, 15) is 4.79 Å². The Labute approximate surface area is 54.9 Å². The van der Waals surface area contributed by atoms with Gasteiger partial charge in [0.25, 0.3) is 0 Å². The van der Waals surface area contributed by atoms with Crippen molar-refractivity contribution in [2.75, 3.05) is 0 Å². The fourth-order valence-electron chi connectivity index (χ4n) is 1.14. The highest BCUT2D eigenvalue weighted by atomic mass is 16.3. The number of hydrogen-bond donors (Lipinski definition) is 1. The van der Waals surface area contributed by atoms with Crippen molar-refractivity contribution in [1.82, 2.24) is 0 Å².